The van der Waals surface area contributed by atoms with E-state index in [4.69, 9.17) is 4.42 Å². The van der Waals surface area contributed by atoms with Crippen molar-refractivity contribution in [2.75, 3.05) is 0 Å². The second-order valence-corrected chi connectivity index (χ2v) is 3.64. The molecule has 2 heterocycles. The summed E-state index contributed by atoms with van der Waals surface area (Å²) in [6, 6.07) is 5.65. The molecule has 0 saturated carbocycles. The van der Waals surface area contributed by atoms with Crippen molar-refractivity contribution in [3.8, 4) is 0 Å². The van der Waals surface area contributed by atoms with Gasteiger partial charge in [0.15, 0.2) is 0 Å². The van der Waals surface area contributed by atoms with E-state index in [1.807, 2.05) is 32.0 Å². The Morgan fingerprint density at radius 1 is 1.17 bits per heavy atom. The molecule has 0 N–H and O–H groups in total. The lowest BCUT2D eigenvalue weighted by atomic mass is 10.1. The summed E-state index contributed by atoms with van der Waals surface area (Å²) in [5.41, 5.74) is 1.24. The van der Waals surface area contributed by atoms with Crippen LogP contribution in [0.2, 0.25) is 0 Å². The fraction of sp³-hybridized carbons (Fsp3) is 0.214. The molecule has 0 aliphatic rings. The van der Waals surface area contributed by atoms with E-state index in [0.717, 1.165) is 16.2 Å². The molecule has 0 aliphatic carbocycles. The van der Waals surface area contributed by atoms with Crippen LogP contribution < -0.4 is 5.76 Å². The maximum atomic E-state index is 11.2. The first-order valence-corrected chi connectivity index (χ1v) is 5.89. The van der Waals surface area contributed by atoms with E-state index in [-0.39, 0.29) is 0 Å². The minimum absolute atomic E-state index is 0.557. The topological polar surface area (TPSA) is 56.0 Å². The maximum Gasteiger partial charge on any atom is 0.439 e. The Morgan fingerprint density at radius 3 is 2.72 bits per heavy atom. The smallest absolute Gasteiger partial charge is 0.408 e. The van der Waals surface area contributed by atoms with Crippen LogP contribution in [0.3, 0.4) is 0 Å². The van der Waals surface area contributed by atoms with Gasteiger partial charge in [0.25, 0.3) is 0 Å². The second-order valence-electron chi connectivity index (χ2n) is 3.64. The molecule has 2 aromatic heterocycles. The molecule has 18 heavy (non-hydrogen) atoms. The van der Waals surface area contributed by atoms with Crippen molar-refractivity contribution in [3.63, 3.8) is 0 Å². The van der Waals surface area contributed by atoms with Crippen molar-refractivity contribution >= 4 is 21.7 Å². The molecule has 3 aromatic rings. The molecule has 0 unspecified atom stereocenters. The van der Waals surface area contributed by atoms with E-state index in [0.29, 0.717) is 11.3 Å². The van der Waals surface area contributed by atoms with Gasteiger partial charge in [-0.2, -0.15) is 4.98 Å². The van der Waals surface area contributed by atoms with Gasteiger partial charge in [0.05, 0.1) is 5.69 Å². The lowest BCUT2D eigenvalue weighted by Crippen LogP contribution is -2.05. The number of pyridine rings is 1. The Hall–Kier alpha value is -2.23. The quantitative estimate of drug-likeness (QED) is 0.568. The van der Waals surface area contributed by atoms with E-state index in [1.54, 1.807) is 19.3 Å². The fourth-order valence-corrected chi connectivity index (χ4v) is 1.80. The number of aromatic nitrogens is 2. The summed E-state index contributed by atoms with van der Waals surface area (Å²) < 4.78 is 5.06. The van der Waals surface area contributed by atoms with Crippen molar-refractivity contribution in [1.82, 2.24) is 9.97 Å². The van der Waals surface area contributed by atoms with Gasteiger partial charge < -0.3 is 4.42 Å². The Kier molecular flexibility index (Phi) is 3.37. The van der Waals surface area contributed by atoms with Crippen LogP contribution in [0.1, 0.15) is 19.5 Å². The number of hydrogen-bond donors (Lipinski definition) is 0. The lowest BCUT2D eigenvalue weighted by molar-refractivity contribution is 0.529. The van der Waals surface area contributed by atoms with Crippen LogP contribution in [0.5, 0.6) is 0 Å². The van der Waals surface area contributed by atoms with Gasteiger partial charge in [-0.1, -0.05) is 13.8 Å². The first-order valence-electron chi connectivity index (χ1n) is 5.89. The van der Waals surface area contributed by atoms with E-state index < -0.39 is 5.76 Å². The van der Waals surface area contributed by atoms with E-state index in [2.05, 4.69) is 9.97 Å². The fourth-order valence-electron chi connectivity index (χ4n) is 1.80. The predicted octanol–water partition coefficient (Wildman–Crippen LogP) is 3.07. The van der Waals surface area contributed by atoms with Gasteiger partial charge in [-0.25, -0.2) is 4.79 Å². The van der Waals surface area contributed by atoms with Crippen molar-refractivity contribution in [2.24, 2.45) is 0 Å². The van der Waals surface area contributed by atoms with Gasteiger partial charge in [0.2, 0.25) is 0 Å². The summed E-state index contributed by atoms with van der Waals surface area (Å²) in [5, 5.41) is 2.85. The number of aryl methyl sites for hydroxylation is 1. The highest BCUT2D eigenvalue weighted by molar-refractivity contribution is 5.95. The Morgan fingerprint density at radius 2 is 1.94 bits per heavy atom. The van der Waals surface area contributed by atoms with Gasteiger partial charge in [-0.3, -0.25) is 4.98 Å². The maximum absolute atomic E-state index is 11.2. The van der Waals surface area contributed by atoms with Crippen molar-refractivity contribution in [2.45, 2.75) is 20.8 Å². The number of benzene rings is 1. The first-order chi connectivity index (χ1) is 8.74. The largest absolute Gasteiger partial charge is 0.439 e. The van der Waals surface area contributed by atoms with Crippen LogP contribution in [0.4, 0.5) is 0 Å². The Balaban J connectivity index is 0.000000574. The molecule has 0 bridgehead atoms. The van der Waals surface area contributed by atoms with Crippen LogP contribution in [-0.4, -0.2) is 9.97 Å². The summed E-state index contributed by atoms with van der Waals surface area (Å²) in [6.45, 7) is 5.79. The summed E-state index contributed by atoms with van der Waals surface area (Å²) in [6.07, 6.45) is 3.49. The number of nitrogens with zero attached hydrogens (tertiary/aromatic N) is 2. The zero-order valence-corrected chi connectivity index (χ0v) is 10.6. The molecule has 0 spiro atoms. The van der Waals surface area contributed by atoms with Crippen molar-refractivity contribution in [1.29, 1.82) is 0 Å². The van der Waals surface area contributed by atoms with Crippen LogP contribution in [0.15, 0.2) is 39.8 Å². The zero-order chi connectivity index (χ0) is 13.1. The van der Waals surface area contributed by atoms with Gasteiger partial charge in [0.1, 0.15) is 5.58 Å². The standard InChI is InChI=1S/C12H8N2O2.C2H6/c1-7-10-4-9-6-13-3-2-8(9)5-11(10)16-12(15)14-7;1-2/h2-6H,1H3;1-2H3. The highest BCUT2D eigenvalue weighted by atomic mass is 16.4. The molecule has 0 atom stereocenters. The van der Waals surface area contributed by atoms with E-state index in [9.17, 15) is 4.79 Å². The van der Waals surface area contributed by atoms with Crippen molar-refractivity contribution < 1.29 is 4.42 Å². The Labute approximate surface area is 104 Å². The molecular formula is C14H14N2O2. The molecule has 0 fully saturated rings. The van der Waals surface area contributed by atoms with Gasteiger partial charge in [-0.05, 0) is 30.5 Å². The number of rotatable bonds is 0. The molecule has 4 nitrogen and oxygen atoms in total. The second kappa shape index (κ2) is 4.96. The average Bonchev–Trinajstić information content (AvgIpc) is 2.39. The summed E-state index contributed by atoms with van der Waals surface area (Å²) in [5.74, 6) is -0.557. The van der Waals surface area contributed by atoms with E-state index >= 15 is 0 Å². The minimum Gasteiger partial charge on any atom is -0.408 e. The summed E-state index contributed by atoms with van der Waals surface area (Å²) in [7, 11) is 0. The molecule has 92 valence electrons. The summed E-state index contributed by atoms with van der Waals surface area (Å²) >= 11 is 0. The molecule has 3 rings (SSSR count). The molecule has 0 aliphatic heterocycles. The first kappa shape index (κ1) is 12.2. The normalized spacial score (nSPS) is 10.2. The highest BCUT2D eigenvalue weighted by Gasteiger charge is 2.04. The third-order valence-corrected chi connectivity index (χ3v) is 2.59. The van der Waals surface area contributed by atoms with Crippen molar-refractivity contribution in [3.05, 3.63) is 46.8 Å². The molecule has 0 radical (unpaired) electrons. The number of hydrogen-bond acceptors (Lipinski definition) is 4. The third-order valence-electron chi connectivity index (χ3n) is 2.59. The highest BCUT2D eigenvalue weighted by Crippen LogP contribution is 2.22. The van der Waals surface area contributed by atoms with Gasteiger partial charge >= 0.3 is 5.76 Å². The molecule has 0 saturated heterocycles. The van der Waals surface area contributed by atoms with Gasteiger partial charge in [0, 0.05) is 23.2 Å². The molecule has 0 amide bonds. The zero-order valence-electron chi connectivity index (χ0n) is 10.6. The van der Waals surface area contributed by atoms with Crippen LogP contribution in [0.25, 0.3) is 21.7 Å². The Bertz CT molecular complexity index is 747. The monoisotopic (exact) mass is 242 g/mol. The van der Waals surface area contributed by atoms with Crippen LogP contribution in [0, 0.1) is 6.92 Å². The number of fused-ring (bicyclic) bond motifs is 2. The summed E-state index contributed by atoms with van der Waals surface area (Å²) in [4.78, 5) is 19.0. The minimum atomic E-state index is -0.557. The average molecular weight is 242 g/mol. The third kappa shape index (κ3) is 2.09. The van der Waals surface area contributed by atoms with Crippen LogP contribution in [-0.2, 0) is 0 Å². The van der Waals surface area contributed by atoms with E-state index in [1.165, 1.54) is 0 Å². The van der Waals surface area contributed by atoms with Crippen LogP contribution >= 0.6 is 0 Å². The SMILES string of the molecule is CC.Cc1nc(=O)oc2cc3ccncc3cc12. The van der Waals surface area contributed by atoms with Gasteiger partial charge in [-0.15, -0.1) is 0 Å². The predicted molar refractivity (Wildman–Crippen MR) is 71.7 cm³/mol. The lowest BCUT2D eigenvalue weighted by Gasteiger charge is -2.01. The molecule has 1 aromatic carbocycles. The molecule has 4 heteroatoms. The molecular weight excluding hydrogens is 228 g/mol.